The molecule has 1 amide bonds. The first-order valence-corrected chi connectivity index (χ1v) is 10.4. The van der Waals surface area contributed by atoms with Crippen LogP contribution in [0.3, 0.4) is 0 Å². The number of fused-ring (bicyclic) bond motifs is 1. The molecule has 3 aromatic carbocycles. The smallest absolute Gasteiger partial charge is 0.297 e. The number of hydrogen-bond donors (Lipinski definition) is 0. The first kappa shape index (κ1) is 20.4. The Kier molecular flexibility index (Phi) is 5.06. The Morgan fingerprint density at radius 1 is 0.909 bits per heavy atom. The third kappa shape index (κ3) is 3.59. The maximum atomic E-state index is 13.6. The number of amides is 1. The molecule has 7 nitrogen and oxygen atoms in total. The summed E-state index contributed by atoms with van der Waals surface area (Å²) in [5.74, 6) is 1.01. The number of methoxy groups -OCH3 is 1. The lowest BCUT2D eigenvalue weighted by atomic mass is 10.2. The molecule has 2 heterocycles. The summed E-state index contributed by atoms with van der Waals surface area (Å²) < 4.78 is 6.58. The lowest BCUT2D eigenvalue weighted by Crippen LogP contribution is -2.47. The van der Waals surface area contributed by atoms with Crippen molar-refractivity contribution in [3.63, 3.8) is 0 Å². The zero-order valence-electron chi connectivity index (χ0n) is 18.1. The van der Waals surface area contributed by atoms with E-state index in [-0.39, 0.29) is 11.3 Å². The molecule has 0 saturated heterocycles. The molecule has 1 aromatic heterocycles. The zero-order valence-corrected chi connectivity index (χ0v) is 18.1. The minimum atomic E-state index is -0.410. The van der Waals surface area contributed by atoms with Crippen molar-refractivity contribution >= 4 is 28.7 Å². The Balaban J connectivity index is 1.68. The molecule has 0 fully saturated rings. The molecule has 0 spiro atoms. The molecule has 5 rings (SSSR count). The summed E-state index contributed by atoms with van der Waals surface area (Å²) in [5, 5.41) is 1.71. The highest BCUT2D eigenvalue weighted by atomic mass is 16.5. The molecule has 0 unspecified atom stereocenters. The summed E-state index contributed by atoms with van der Waals surface area (Å²) in [6, 6.07) is 23.7. The van der Waals surface area contributed by atoms with E-state index in [1.807, 2.05) is 60.7 Å². The Bertz CT molecular complexity index is 1500. The summed E-state index contributed by atoms with van der Waals surface area (Å²) in [6.07, 6.45) is 1.68. The first-order chi connectivity index (χ1) is 16.1. The summed E-state index contributed by atoms with van der Waals surface area (Å²) in [7, 11) is 1.58. The molecule has 4 aromatic rings. The molecule has 0 bridgehead atoms. The van der Waals surface area contributed by atoms with Crippen LogP contribution in [0.4, 0.5) is 0 Å². The van der Waals surface area contributed by atoms with Gasteiger partial charge < -0.3 is 4.74 Å². The zero-order chi connectivity index (χ0) is 22.9. The molecule has 0 N–H and O–H groups in total. The fourth-order valence-electron chi connectivity index (χ4n) is 3.83. The average molecular weight is 436 g/mol. The van der Waals surface area contributed by atoms with Gasteiger partial charge >= 0.3 is 0 Å². The van der Waals surface area contributed by atoms with E-state index in [2.05, 4.69) is 4.99 Å². The van der Waals surface area contributed by atoms with E-state index in [4.69, 9.17) is 9.72 Å². The van der Waals surface area contributed by atoms with Gasteiger partial charge in [0.15, 0.2) is 5.82 Å². The monoisotopic (exact) mass is 436 g/mol. The van der Waals surface area contributed by atoms with Crippen LogP contribution in [-0.4, -0.2) is 28.5 Å². The summed E-state index contributed by atoms with van der Waals surface area (Å²) in [4.78, 5) is 36.2. The van der Waals surface area contributed by atoms with Gasteiger partial charge in [-0.1, -0.05) is 54.6 Å². The van der Waals surface area contributed by atoms with Gasteiger partial charge in [-0.05, 0) is 42.8 Å². The van der Waals surface area contributed by atoms with Crippen molar-refractivity contribution in [2.75, 3.05) is 12.1 Å². The van der Waals surface area contributed by atoms with Crippen LogP contribution >= 0.6 is 0 Å². The van der Waals surface area contributed by atoms with Gasteiger partial charge in [0.25, 0.3) is 11.5 Å². The topological polar surface area (TPSA) is 76.8 Å². The van der Waals surface area contributed by atoms with Crippen LogP contribution in [0.15, 0.2) is 94.3 Å². The Labute approximate surface area is 189 Å². The standard InChI is InChI=1S/C26H20N4O3/c1-17-27-23(16-18-9-8-12-20(15-18)33-2)26(32)29(17)30-24(19-10-4-3-5-11-19)28-22-14-7-6-13-21(22)25(30)31/h3-16H,1-2H3. The number of carbonyl (C=O) groups is 1. The highest BCUT2D eigenvalue weighted by Gasteiger charge is 2.32. The molecule has 33 heavy (non-hydrogen) atoms. The molecule has 1 aliphatic rings. The van der Waals surface area contributed by atoms with Gasteiger partial charge in [0.2, 0.25) is 0 Å². The normalized spacial score (nSPS) is 14.7. The summed E-state index contributed by atoms with van der Waals surface area (Å²) in [5.41, 5.74) is 1.92. The maximum Gasteiger partial charge on any atom is 0.297 e. The molecular formula is C26H20N4O3. The van der Waals surface area contributed by atoms with E-state index in [9.17, 15) is 9.59 Å². The van der Waals surface area contributed by atoms with E-state index < -0.39 is 5.91 Å². The van der Waals surface area contributed by atoms with Crippen LogP contribution in [0.5, 0.6) is 5.75 Å². The SMILES string of the molecule is COc1cccc(C=C2N=C(C)N(n3c(-c4ccccc4)nc4ccccc4c3=O)C2=O)c1. The number of benzene rings is 3. The van der Waals surface area contributed by atoms with E-state index in [1.54, 1.807) is 38.3 Å². The molecule has 1 aliphatic heterocycles. The fourth-order valence-corrected chi connectivity index (χ4v) is 3.83. The minimum absolute atomic E-state index is 0.222. The van der Waals surface area contributed by atoms with Crippen molar-refractivity contribution in [1.29, 1.82) is 0 Å². The van der Waals surface area contributed by atoms with E-state index >= 15 is 0 Å². The Hall–Kier alpha value is -4.52. The van der Waals surface area contributed by atoms with Gasteiger partial charge in [-0.3, -0.25) is 9.59 Å². The summed E-state index contributed by atoms with van der Waals surface area (Å²) in [6.45, 7) is 1.70. The maximum absolute atomic E-state index is 13.6. The summed E-state index contributed by atoms with van der Waals surface area (Å²) >= 11 is 0. The van der Waals surface area contributed by atoms with Gasteiger partial charge in [-0.15, -0.1) is 0 Å². The molecular weight excluding hydrogens is 416 g/mol. The van der Waals surface area contributed by atoms with E-state index in [1.165, 1.54) is 9.69 Å². The quantitative estimate of drug-likeness (QED) is 0.453. The number of aliphatic imine (C=N–C) groups is 1. The number of nitrogens with zero attached hydrogens (tertiary/aromatic N) is 4. The number of amidine groups is 1. The second-order valence-corrected chi connectivity index (χ2v) is 7.52. The molecule has 0 atom stereocenters. The van der Waals surface area contributed by atoms with Crippen LogP contribution in [0.1, 0.15) is 12.5 Å². The number of rotatable bonds is 4. The molecule has 0 radical (unpaired) electrons. The lowest BCUT2D eigenvalue weighted by molar-refractivity contribution is -0.115. The Morgan fingerprint density at radius 3 is 2.45 bits per heavy atom. The number of hydrogen-bond acceptors (Lipinski definition) is 5. The number of carbonyl (C=O) groups excluding carboxylic acids is 1. The second-order valence-electron chi connectivity index (χ2n) is 7.52. The molecule has 162 valence electrons. The van der Waals surface area contributed by atoms with Crippen molar-refractivity contribution in [3.8, 4) is 17.1 Å². The Morgan fingerprint density at radius 2 is 1.67 bits per heavy atom. The number of aromatic nitrogens is 2. The fraction of sp³-hybridized carbons (Fsp3) is 0.0769. The van der Waals surface area contributed by atoms with Crippen molar-refractivity contribution in [1.82, 2.24) is 9.66 Å². The minimum Gasteiger partial charge on any atom is -0.497 e. The largest absolute Gasteiger partial charge is 0.497 e. The predicted molar refractivity (Wildman–Crippen MR) is 129 cm³/mol. The average Bonchev–Trinajstić information content (AvgIpc) is 3.12. The van der Waals surface area contributed by atoms with Crippen LogP contribution < -0.4 is 15.3 Å². The van der Waals surface area contributed by atoms with Crippen LogP contribution in [0, 0.1) is 0 Å². The van der Waals surface area contributed by atoms with Crippen molar-refractivity contribution in [3.05, 3.63) is 100 Å². The van der Waals surface area contributed by atoms with Crippen LogP contribution in [0.25, 0.3) is 28.4 Å². The van der Waals surface area contributed by atoms with Gasteiger partial charge in [-0.2, -0.15) is 9.69 Å². The highest BCUT2D eigenvalue weighted by Crippen LogP contribution is 2.24. The van der Waals surface area contributed by atoms with E-state index in [0.29, 0.717) is 33.9 Å². The second kappa shape index (κ2) is 8.20. The molecule has 0 saturated carbocycles. The number of para-hydroxylation sites is 1. The molecule has 0 aliphatic carbocycles. The van der Waals surface area contributed by atoms with Crippen LogP contribution in [0.2, 0.25) is 0 Å². The van der Waals surface area contributed by atoms with Gasteiger partial charge in [0, 0.05) is 5.56 Å². The first-order valence-electron chi connectivity index (χ1n) is 10.4. The van der Waals surface area contributed by atoms with Crippen molar-refractivity contribution in [2.45, 2.75) is 6.92 Å². The van der Waals surface area contributed by atoms with Crippen molar-refractivity contribution < 1.29 is 9.53 Å². The van der Waals surface area contributed by atoms with Gasteiger partial charge in [0.05, 0.1) is 18.0 Å². The molecule has 7 heteroatoms. The number of ether oxygens (including phenoxy) is 1. The third-order valence-corrected chi connectivity index (χ3v) is 5.38. The lowest BCUT2D eigenvalue weighted by Gasteiger charge is -2.22. The van der Waals surface area contributed by atoms with Crippen molar-refractivity contribution in [2.24, 2.45) is 4.99 Å². The van der Waals surface area contributed by atoms with Gasteiger partial charge in [0.1, 0.15) is 17.3 Å². The predicted octanol–water partition coefficient (Wildman–Crippen LogP) is 4.01. The van der Waals surface area contributed by atoms with Gasteiger partial charge in [-0.25, -0.2) is 9.98 Å². The van der Waals surface area contributed by atoms with Crippen LogP contribution in [-0.2, 0) is 4.79 Å². The van der Waals surface area contributed by atoms with E-state index in [0.717, 1.165) is 5.56 Å². The third-order valence-electron chi connectivity index (χ3n) is 5.38. The highest BCUT2D eigenvalue weighted by molar-refractivity contribution is 6.24.